The van der Waals surface area contributed by atoms with Crippen molar-refractivity contribution in [1.82, 2.24) is 0 Å². The van der Waals surface area contributed by atoms with E-state index in [4.69, 9.17) is 0 Å². The van der Waals surface area contributed by atoms with Crippen LogP contribution in [0.25, 0.3) is 0 Å². The first-order valence-corrected chi connectivity index (χ1v) is 6.59. The highest BCUT2D eigenvalue weighted by molar-refractivity contribution is 5.75. The predicted octanol–water partition coefficient (Wildman–Crippen LogP) is 4.14. The second kappa shape index (κ2) is 9.28. The van der Waals surface area contributed by atoms with Crippen LogP contribution in [0.1, 0.15) is 6.92 Å². The first-order chi connectivity index (χ1) is 9.84. The van der Waals surface area contributed by atoms with Gasteiger partial charge in [0.25, 0.3) is 0 Å². The van der Waals surface area contributed by atoms with E-state index in [1.807, 2.05) is 85.9 Å². The Morgan fingerprint density at radius 3 is 2.24 bits per heavy atom. The minimum Gasteiger partial charge on any atom is -0.412 e. The fraction of sp³-hybridized carbons (Fsp3) is 0.0556. The van der Waals surface area contributed by atoms with Crippen LogP contribution in [-0.2, 0) is 0 Å². The van der Waals surface area contributed by atoms with Gasteiger partial charge in [-0.15, -0.1) is 0 Å². The summed E-state index contributed by atoms with van der Waals surface area (Å²) in [6.45, 7) is 2.04. The fourth-order valence-electron chi connectivity index (χ4n) is 1.62. The lowest BCUT2D eigenvalue weighted by atomic mass is 10.3. The van der Waals surface area contributed by atoms with Crippen LogP contribution in [0.5, 0.6) is 0 Å². The fourth-order valence-corrected chi connectivity index (χ4v) is 1.62. The number of anilines is 1. The summed E-state index contributed by atoms with van der Waals surface area (Å²) in [6, 6.07) is 20.0. The number of nitrogens with zero attached hydrogens (tertiary/aromatic N) is 1. The lowest BCUT2D eigenvalue weighted by molar-refractivity contribution is 0.824. The molecule has 3 N–H and O–H groups in total. The monoisotopic (exact) mass is 280 g/mol. The molecule has 3 nitrogen and oxygen atoms in total. The lowest BCUT2D eigenvalue weighted by Crippen LogP contribution is -1.87. The Bertz CT molecular complexity index is 602. The van der Waals surface area contributed by atoms with Gasteiger partial charge >= 0.3 is 0 Å². The van der Waals surface area contributed by atoms with Gasteiger partial charge in [0.05, 0.1) is 5.69 Å². The molecule has 0 spiro atoms. The highest BCUT2D eigenvalue weighted by Gasteiger charge is 1.85. The van der Waals surface area contributed by atoms with Crippen LogP contribution < -0.4 is 5.32 Å². The number of aliphatic imine (C=N–C) groups is 1. The van der Waals surface area contributed by atoms with Crippen LogP contribution in [0.4, 0.5) is 11.4 Å². The van der Waals surface area contributed by atoms with Crippen LogP contribution in [0, 0.1) is 0 Å². The van der Waals surface area contributed by atoms with Gasteiger partial charge in [0.1, 0.15) is 0 Å². The first-order valence-electron chi connectivity index (χ1n) is 6.59. The third-order valence-electron chi connectivity index (χ3n) is 2.67. The molecule has 0 fully saturated rings. The molecule has 2 rings (SSSR count). The van der Waals surface area contributed by atoms with Crippen molar-refractivity contribution in [1.29, 1.82) is 0 Å². The Balaban J connectivity index is 0.00000220. The maximum absolute atomic E-state index is 4.34. The van der Waals surface area contributed by atoms with E-state index in [0.29, 0.717) is 0 Å². The van der Waals surface area contributed by atoms with Gasteiger partial charge in [-0.25, -0.2) is 0 Å². The number of allylic oxidation sites excluding steroid dienone is 3. The van der Waals surface area contributed by atoms with Crippen molar-refractivity contribution < 1.29 is 5.48 Å². The van der Waals surface area contributed by atoms with Crippen LogP contribution in [0.15, 0.2) is 89.6 Å². The Kier molecular flexibility index (Phi) is 7.25. The molecular formula is C18H20N2O. The zero-order valence-corrected chi connectivity index (χ0v) is 12.0. The maximum atomic E-state index is 4.34. The molecule has 0 unspecified atom stereocenters. The summed E-state index contributed by atoms with van der Waals surface area (Å²) >= 11 is 0. The third-order valence-corrected chi connectivity index (χ3v) is 2.67. The molecular weight excluding hydrogens is 260 g/mol. The molecule has 108 valence electrons. The van der Waals surface area contributed by atoms with E-state index in [2.05, 4.69) is 10.3 Å². The van der Waals surface area contributed by atoms with E-state index < -0.39 is 0 Å². The van der Waals surface area contributed by atoms with Crippen molar-refractivity contribution >= 4 is 17.6 Å². The van der Waals surface area contributed by atoms with E-state index in [1.165, 1.54) is 0 Å². The zero-order valence-electron chi connectivity index (χ0n) is 12.0. The molecule has 0 radical (unpaired) electrons. The summed E-state index contributed by atoms with van der Waals surface area (Å²) in [4.78, 5) is 4.34. The summed E-state index contributed by atoms with van der Waals surface area (Å²) in [6.07, 6.45) is 7.73. The highest BCUT2D eigenvalue weighted by atomic mass is 16.0. The van der Waals surface area contributed by atoms with Gasteiger partial charge in [-0.1, -0.05) is 42.5 Å². The molecule has 0 aliphatic heterocycles. The van der Waals surface area contributed by atoms with E-state index in [1.54, 1.807) is 6.21 Å². The largest absolute Gasteiger partial charge is 0.412 e. The van der Waals surface area contributed by atoms with Gasteiger partial charge in [-0.3, -0.25) is 4.99 Å². The van der Waals surface area contributed by atoms with Crippen molar-refractivity contribution in [3.63, 3.8) is 0 Å². The van der Waals surface area contributed by atoms with Crippen molar-refractivity contribution in [2.45, 2.75) is 6.92 Å². The summed E-state index contributed by atoms with van der Waals surface area (Å²) in [5, 5.41) is 3.25. The van der Waals surface area contributed by atoms with Crippen LogP contribution >= 0.6 is 0 Å². The molecule has 0 aromatic heterocycles. The summed E-state index contributed by atoms with van der Waals surface area (Å²) in [7, 11) is 0. The summed E-state index contributed by atoms with van der Waals surface area (Å²) in [5.41, 5.74) is 3.17. The van der Waals surface area contributed by atoms with E-state index in [9.17, 15) is 0 Å². The van der Waals surface area contributed by atoms with E-state index >= 15 is 0 Å². The lowest BCUT2D eigenvalue weighted by Gasteiger charge is -2.00. The number of hydrogen-bond acceptors (Lipinski definition) is 2. The standard InChI is InChI=1S/C18H18N2.H2O/c1-16(15-20-18-12-6-3-7-13-18)9-8-14-19-17-10-4-2-5-11-17;/h2-15,20H,1H3;1H2. The minimum absolute atomic E-state index is 0. The van der Waals surface area contributed by atoms with Crippen molar-refractivity contribution in [2.75, 3.05) is 5.32 Å². The summed E-state index contributed by atoms with van der Waals surface area (Å²) in [5.74, 6) is 0. The predicted molar refractivity (Wildman–Crippen MR) is 91.2 cm³/mol. The average Bonchev–Trinajstić information content (AvgIpc) is 2.52. The Hall–Kier alpha value is -2.65. The molecule has 0 aliphatic rings. The first kappa shape index (κ1) is 16.4. The quantitative estimate of drug-likeness (QED) is 0.649. The molecule has 21 heavy (non-hydrogen) atoms. The molecule has 0 saturated heterocycles. The molecule has 0 heterocycles. The Morgan fingerprint density at radius 1 is 0.952 bits per heavy atom. The Labute approximate surface area is 125 Å². The highest BCUT2D eigenvalue weighted by Crippen LogP contribution is 2.08. The minimum atomic E-state index is 0. The van der Waals surface area contributed by atoms with Crippen molar-refractivity contribution in [2.24, 2.45) is 4.99 Å². The molecule has 0 atom stereocenters. The van der Waals surface area contributed by atoms with Gasteiger partial charge in [0.15, 0.2) is 0 Å². The molecule has 2 aromatic rings. The van der Waals surface area contributed by atoms with Gasteiger partial charge in [-0.2, -0.15) is 0 Å². The van der Waals surface area contributed by atoms with Crippen molar-refractivity contribution in [3.05, 3.63) is 84.6 Å². The average molecular weight is 280 g/mol. The van der Waals surface area contributed by atoms with Gasteiger partial charge in [-0.05, 0) is 42.8 Å². The number of rotatable bonds is 5. The SMILES string of the molecule is CC(C=CC=Nc1ccccc1)=CNc1ccccc1.O. The second-order valence-electron chi connectivity index (χ2n) is 4.37. The maximum Gasteiger partial charge on any atom is 0.0629 e. The molecule has 0 bridgehead atoms. The summed E-state index contributed by atoms with van der Waals surface area (Å²) < 4.78 is 0. The molecule has 0 aliphatic carbocycles. The topological polar surface area (TPSA) is 55.9 Å². The molecule has 2 aromatic carbocycles. The molecule has 0 amide bonds. The molecule has 3 heteroatoms. The van der Waals surface area contributed by atoms with Crippen LogP contribution in [-0.4, -0.2) is 11.7 Å². The normalized spacial score (nSPS) is 11.6. The van der Waals surface area contributed by atoms with Crippen molar-refractivity contribution in [3.8, 4) is 0 Å². The van der Waals surface area contributed by atoms with Gasteiger partial charge in [0, 0.05) is 18.1 Å². The van der Waals surface area contributed by atoms with Crippen LogP contribution in [0.2, 0.25) is 0 Å². The molecule has 0 saturated carbocycles. The van der Waals surface area contributed by atoms with Crippen LogP contribution in [0.3, 0.4) is 0 Å². The number of hydrogen-bond donors (Lipinski definition) is 1. The number of para-hydroxylation sites is 2. The second-order valence-corrected chi connectivity index (χ2v) is 4.37. The van der Waals surface area contributed by atoms with E-state index in [0.717, 1.165) is 16.9 Å². The Morgan fingerprint density at radius 2 is 1.57 bits per heavy atom. The number of benzene rings is 2. The van der Waals surface area contributed by atoms with Gasteiger partial charge < -0.3 is 10.8 Å². The van der Waals surface area contributed by atoms with E-state index in [-0.39, 0.29) is 5.48 Å². The number of nitrogens with one attached hydrogen (secondary N) is 1. The smallest absolute Gasteiger partial charge is 0.0629 e. The van der Waals surface area contributed by atoms with Gasteiger partial charge in [0.2, 0.25) is 0 Å². The third kappa shape index (κ3) is 6.36. The zero-order chi connectivity index (χ0) is 14.0.